The second-order valence-corrected chi connectivity index (χ2v) is 7.68. The van der Waals surface area contributed by atoms with Crippen LogP contribution in [0.4, 0.5) is 0 Å². The van der Waals surface area contributed by atoms with E-state index in [0.717, 1.165) is 29.8 Å². The first-order valence-electron chi connectivity index (χ1n) is 9.05. The van der Waals surface area contributed by atoms with Crippen LogP contribution in [0.1, 0.15) is 46.8 Å². The normalized spacial score (nSPS) is 22.0. The number of carboxylic acid groups (broad SMARTS) is 1. The zero-order valence-electron chi connectivity index (χ0n) is 14.9. The third kappa shape index (κ3) is 3.57. The number of carboxylic acids is 1. The predicted octanol–water partition coefficient (Wildman–Crippen LogP) is 2.26. The first-order valence-corrected chi connectivity index (χ1v) is 9.43. The molecule has 1 aromatic carbocycles. The largest absolute Gasteiger partial charge is 0.480 e. The van der Waals surface area contributed by atoms with E-state index in [1.807, 2.05) is 25.1 Å². The lowest BCUT2D eigenvalue weighted by atomic mass is 10.1. The van der Waals surface area contributed by atoms with Gasteiger partial charge in [-0.15, -0.1) is 0 Å². The molecule has 2 heterocycles. The highest BCUT2D eigenvalue weighted by molar-refractivity contribution is 6.31. The molecule has 1 saturated heterocycles. The van der Waals surface area contributed by atoms with Gasteiger partial charge < -0.3 is 15.7 Å². The molecule has 1 aliphatic heterocycles. The molecule has 2 aliphatic rings. The summed E-state index contributed by atoms with van der Waals surface area (Å²) in [5, 5.41) is 20.0. The minimum absolute atomic E-state index is 0.206. The summed E-state index contributed by atoms with van der Waals surface area (Å²) in [6.07, 6.45) is 4.02. The quantitative estimate of drug-likeness (QED) is 0.730. The first-order chi connectivity index (χ1) is 12.9. The number of aliphatic carboxylic acids is 1. The highest BCUT2D eigenvalue weighted by Crippen LogP contribution is 2.42. The summed E-state index contributed by atoms with van der Waals surface area (Å²) < 4.78 is 1.80. The number of hydrogen-bond acceptors (Lipinski definition) is 4. The van der Waals surface area contributed by atoms with Gasteiger partial charge in [0.15, 0.2) is 0 Å². The zero-order valence-corrected chi connectivity index (χ0v) is 15.7. The van der Waals surface area contributed by atoms with Gasteiger partial charge in [0.25, 0.3) is 5.91 Å². The third-order valence-electron chi connectivity index (χ3n) is 5.18. The lowest BCUT2D eigenvalue weighted by molar-refractivity contribution is -0.139. The van der Waals surface area contributed by atoms with Gasteiger partial charge in [-0.05, 0) is 43.9 Å². The number of halogens is 1. The molecular formula is C19H21ClN4O3. The van der Waals surface area contributed by atoms with Crippen LogP contribution in [-0.2, 0) is 4.79 Å². The summed E-state index contributed by atoms with van der Waals surface area (Å²) in [6.45, 7) is 2.39. The van der Waals surface area contributed by atoms with Crippen LogP contribution >= 0.6 is 11.6 Å². The smallest absolute Gasteiger partial charge is 0.320 e. The fourth-order valence-electron chi connectivity index (χ4n) is 3.50. The Hall–Kier alpha value is -2.38. The number of hydrogen-bond donors (Lipinski definition) is 3. The van der Waals surface area contributed by atoms with E-state index in [4.69, 9.17) is 16.7 Å². The Morgan fingerprint density at radius 2 is 2.15 bits per heavy atom. The Morgan fingerprint density at radius 3 is 2.78 bits per heavy atom. The van der Waals surface area contributed by atoms with Crippen molar-refractivity contribution in [3.8, 4) is 5.69 Å². The van der Waals surface area contributed by atoms with Crippen LogP contribution in [0.25, 0.3) is 5.69 Å². The van der Waals surface area contributed by atoms with E-state index in [1.165, 1.54) is 0 Å². The maximum Gasteiger partial charge on any atom is 0.320 e. The molecule has 0 bridgehead atoms. The van der Waals surface area contributed by atoms with Crippen LogP contribution in [0.15, 0.2) is 24.4 Å². The lowest BCUT2D eigenvalue weighted by Crippen LogP contribution is -2.36. The second-order valence-electron chi connectivity index (χ2n) is 7.27. The van der Waals surface area contributed by atoms with Gasteiger partial charge in [0.2, 0.25) is 0 Å². The highest BCUT2D eigenvalue weighted by atomic mass is 35.5. The molecule has 0 radical (unpaired) electrons. The summed E-state index contributed by atoms with van der Waals surface area (Å²) in [5.41, 5.74) is 3.27. The monoisotopic (exact) mass is 388 g/mol. The number of carbonyl (C=O) groups is 2. The fraction of sp³-hybridized carbons (Fsp3) is 0.421. The fourth-order valence-corrected chi connectivity index (χ4v) is 3.67. The predicted molar refractivity (Wildman–Crippen MR) is 101 cm³/mol. The number of carbonyl (C=O) groups excluding carboxylic acids is 1. The van der Waals surface area contributed by atoms with E-state index < -0.39 is 12.0 Å². The lowest BCUT2D eigenvalue weighted by Gasteiger charge is -2.13. The molecule has 0 spiro atoms. The maximum atomic E-state index is 12.8. The Balaban J connectivity index is 1.58. The average molecular weight is 389 g/mol. The van der Waals surface area contributed by atoms with Gasteiger partial charge in [-0.2, -0.15) is 5.10 Å². The van der Waals surface area contributed by atoms with Crippen molar-refractivity contribution in [3.05, 3.63) is 46.2 Å². The van der Waals surface area contributed by atoms with E-state index in [0.29, 0.717) is 29.5 Å². The van der Waals surface area contributed by atoms with Crippen molar-refractivity contribution in [2.75, 3.05) is 6.54 Å². The van der Waals surface area contributed by atoms with Crippen LogP contribution in [0.2, 0.25) is 5.02 Å². The molecule has 8 heteroatoms. The zero-order chi connectivity index (χ0) is 19.1. The van der Waals surface area contributed by atoms with Crippen molar-refractivity contribution in [1.29, 1.82) is 0 Å². The number of nitrogens with one attached hydrogen (secondary N) is 2. The van der Waals surface area contributed by atoms with Crippen LogP contribution in [0.5, 0.6) is 0 Å². The number of benzene rings is 1. The van der Waals surface area contributed by atoms with Crippen LogP contribution in [0.3, 0.4) is 0 Å². The summed E-state index contributed by atoms with van der Waals surface area (Å²) in [5.74, 6) is -0.796. The molecule has 7 nitrogen and oxygen atoms in total. The molecule has 27 heavy (non-hydrogen) atoms. The van der Waals surface area contributed by atoms with Crippen molar-refractivity contribution < 1.29 is 14.7 Å². The van der Waals surface area contributed by atoms with Crippen LogP contribution in [0, 0.1) is 6.92 Å². The summed E-state index contributed by atoms with van der Waals surface area (Å²) >= 11 is 6.26. The van der Waals surface area contributed by atoms with E-state index >= 15 is 0 Å². The molecule has 2 fully saturated rings. The maximum absolute atomic E-state index is 12.8. The third-order valence-corrected chi connectivity index (χ3v) is 5.59. The minimum Gasteiger partial charge on any atom is -0.480 e. The minimum atomic E-state index is -0.894. The van der Waals surface area contributed by atoms with E-state index in [9.17, 15) is 9.59 Å². The van der Waals surface area contributed by atoms with E-state index in [-0.39, 0.29) is 11.9 Å². The SMILES string of the molecule is Cc1ccc(-n2ncc(C(=O)N[C@@H]3CN[C@@H](C(=O)O)C3)c2C2CC2)cc1Cl. The molecule has 1 aromatic heterocycles. The molecule has 142 valence electrons. The molecule has 1 saturated carbocycles. The van der Waals surface area contributed by atoms with Gasteiger partial charge in [0, 0.05) is 23.5 Å². The highest BCUT2D eigenvalue weighted by Gasteiger charge is 2.35. The van der Waals surface area contributed by atoms with Crippen LogP contribution < -0.4 is 10.6 Å². The summed E-state index contributed by atoms with van der Waals surface area (Å²) in [6, 6.07) is 4.92. The van der Waals surface area contributed by atoms with Crippen molar-refractivity contribution >= 4 is 23.5 Å². The number of amides is 1. The molecular weight excluding hydrogens is 368 g/mol. The Morgan fingerprint density at radius 1 is 1.37 bits per heavy atom. The summed E-state index contributed by atoms with van der Waals surface area (Å²) in [7, 11) is 0. The average Bonchev–Trinajstić information content (AvgIpc) is 3.18. The van der Waals surface area contributed by atoms with Crippen LogP contribution in [-0.4, -0.2) is 45.4 Å². The van der Waals surface area contributed by atoms with E-state index in [2.05, 4.69) is 15.7 Å². The molecule has 3 N–H and O–H groups in total. The Bertz CT molecular complexity index is 906. The van der Waals surface area contributed by atoms with Gasteiger partial charge in [-0.1, -0.05) is 17.7 Å². The Labute approximate surface area is 161 Å². The Kier molecular flexibility index (Phi) is 4.65. The summed E-state index contributed by atoms with van der Waals surface area (Å²) in [4.78, 5) is 23.9. The van der Waals surface area contributed by atoms with Gasteiger partial charge in [0.05, 0.1) is 23.1 Å². The van der Waals surface area contributed by atoms with Crippen molar-refractivity contribution in [3.63, 3.8) is 0 Å². The standard InChI is InChI=1S/C19H21ClN4O3/c1-10-2-5-13(7-15(10)20)24-17(11-3-4-11)14(9-22-24)18(25)23-12-6-16(19(26)27)21-8-12/h2,5,7,9,11-12,16,21H,3-4,6,8H2,1H3,(H,23,25)(H,26,27)/t12-,16+/m0/s1. The number of nitrogens with zero attached hydrogens (tertiary/aromatic N) is 2. The van der Waals surface area contributed by atoms with Gasteiger partial charge in [-0.25, -0.2) is 4.68 Å². The van der Waals surface area contributed by atoms with Gasteiger partial charge in [0.1, 0.15) is 6.04 Å². The van der Waals surface area contributed by atoms with Gasteiger partial charge in [-0.3, -0.25) is 9.59 Å². The number of aromatic nitrogens is 2. The van der Waals surface area contributed by atoms with Crippen molar-refractivity contribution in [2.24, 2.45) is 0 Å². The van der Waals surface area contributed by atoms with E-state index in [1.54, 1.807) is 10.9 Å². The molecule has 2 atom stereocenters. The van der Waals surface area contributed by atoms with Crippen molar-refractivity contribution in [2.45, 2.75) is 44.2 Å². The molecule has 1 aliphatic carbocycles. The first kappa shape index (κ1) is 18.0. The topological polar surface area (TPSA) is 96.3 Å². The molecule has 2 aromatic rings. The number of rotatable bonds is 5. The number of aryl methyl sites for hydroxylation is 1. The van der Waals surface area contributed by atoms with Crippen molar-refractivity contribution in [1.82, 2.24) is 20.4 Å². The molecule has 1 amide bonds. The second kappa shape index (κ2) is 6.98. The molecule has 0 unspecified atom stereocenters. The molecule has 4 rings (SSSR count). The van der Waals surface area contributed by atoms with Gasteiger partial charge >= 0.3 is 5.97 Å².